The van der Waals surface area contributed by atoms with Crippen molar-refractivity contribution in [1.82, 2.24) is 10.1 Å². The van der Waals surface area contributed by atoms with E-state index in [4.69, 9.17) is 47.6 Å². The molecule has 6 aliphatic rings. The molecule has 2 aromatic rings. The largest absolute Gasteiger partial charge is 0.491 e. The standard InChI is InChI=1S/C50H76N2O11/c1-34(37-13-17-39(18-14-37)54-24-43-26-56-43)62-51-45(3,4)30-49(31-46(51,5)6)58-28-41(60-49)22-36(12-11-21-53)23-42-29-59-50(61-42)32-47(7,8)52(48(9,10)33-50)63-35(2)38-15-19-40(20-16-38)55-25-44-27-57-44/h13-20,34-36,41-44,53H,11-12,21-33H2,1-10H3. The lowest BCUT2D eigenvalue weighted by molar-refractivity contribution is -0.351. The Hall–Kier alpha value is -2.40. The highest BCUT2D eigenvalue weighted by Gasteiger charge is 2.60. The fourth-order valence-corrected chi connectivity index (χ4v) is 11.4. The van der Waals surface area contributed by atoms with Gasteiger partial charge in [0.05, 0.1) is 38.6 Å². The summed E-state index contributed by atoms with van der Waals surface area (Å²) >= 11 is 0. The molecule has 0 saturated carbocycles. The van der Waals surface area contributed by atoms with Crippen molar-refractivity contribution in [2.45, 2.75) is 191 Å². The summed E-state index contributed by atoms with van der Waals surface area (Å²) in [6.45, 7) is 25.9. The lowest BCUT2D eigenvalue weighted by Crippen LogP contribution is -2.65. The van der Waals surface area contributed by atoms with Gasteiger partial charge in [-0.2, -0.15) is 10.1 Å². The van der Waals surface area contributed by atoms with E-state index in [1.807, 2.05) is 24.3 Å². The van der Waals surface area contributed by atoms with Crippen LogP contribution >= 0.6 is 0 Å². The minimum absolute atomic E-state index is 0.0588. The van der Waals surface area contributed by atoms with E-state index in [0.717, 1.165) is 61.5 Å². The van der Waals surface area contributed by atoms with Gasteiger partial charge in [0.15, 0.2) is 11.6 Å². The van der Waals surface area contributed by atoms with E-state index in [2.05, 4.69) is 104 Å². The maximum atomic E-state index is 9.93. The molecule has 8 rings (SSSR count). The van der Waals surface area contributed by atoms with Gasteiger partial charge in [0.1, 0.15) is 49.1 Å². The van der Waals surface area contributed by atoms with E-state index in [9.17, 15) is 5.11 Å². The highest BCUT2D eigenvalue weighted by atomic mass is 16.8. The molecule has 2 spiro atoms. The second-order valence-corrected chi connectivity index (χ2v) is 21.8. The molecule has 0 amide bonds. The number of aliphatic hydroxyl groups excluding tert-OH is 1. The molecule has 6 saturated heterocycles. The van der Waals surface area contributed by atoms with Crippen LogP contribution in [0.25, 0.3) is 0 Å². The van der Waals surface area contributed by atoms with Crippen LogP contribution in [0.15, 0.2) is 48.5 Å². The summed E-state index contributed by atoms with van der Waals surface area (Å²) in [6, 6.07) is 16.3. The molecule has 13 nitrogen and oxygen atoms in total. The minimum Gasteiger partial charge on any atom is -0.491 e. The number of hydroxylamine groups is 4. The molecule has 6 fully saturated rings. The first-order chi connectivity index (χ1) is 29.8. The summed E-state index contributed by atoms with van der Waals surface area (Å²) in [4.78, 5) is 13.6. The number of epoxide rings is 2. The first kappa shape index (κ1) is 47.1. The monoisotopic (exact) mass is 881 g/mol. The fourth-order valence-electron chi connectivity index (χ4n) is 11.4. The van der Waals surface area contributed by atoms with Crippen molar-refractivity contribution < 1.29 is 52.7 Å². The van der Waals surface area contributed by atoms with Gasteiger partial charge >= 0.3 is 0 Å². The van der Waals surface area contributed by atoms with Crippen LogP contribution in [-0.4, -0.2) is 120 Å². The molecular weight excluding hydrogens is 805 g/mol. The van der Waals surface area contributed by atoms with Crippen LogP contribution in [0.5, 0.6) is 11.5 Å². The first-order valence-electron chi connectivity index (χ1n) is 23.6. The molecule has 0 aromatic heterocycles. The van der Waals surface area contributed by atoms with Crippen molar-refractivity contribution >= 4 is 0 Å². The zero-order chi connectivity index (χ0) is 44.8. The summed E-state index contributed by atoms with van der Waals surface area (Å²) in [5, 5.41) is 14.3. The van der Waals surface area contributed by atoms with E-state index in [1.54, 1.807) is 0 Å². The van der Waals surface area contributed by atoms with E-state index in [0.29, 0.717) is 52.1 Å². The van der Waals surface area contributed by atoms with Gasteiger partial charge in [0, 0.05) is 54.4 Å². The average molecular weight is 881 g/mol. The van der Waals surface area contributed by atoms with Crippen LogP contribution in [0, 0.1) is 5.92 Å². The van der Waals surface area contributed by atoms with E-state index < -0.39 is 11.6 Å². The fraction of sp³-hybridized carbons (Fsp3) is 0.760. The number of benzene rings is 2. The number of rotatable bonds is 19. The quantitative estimate of drug-likeness (QED) is 0.136. The van der Waals surface area contributed by atoms with Crippen molar-refractivity contribution in [3.8, 4) is 11.5 Å². The Bertz CT molecular complexity index is 1650. The SMILES string of the molecule is CC(ON1C(C)(C)CC2(CC1(C)C)OCC(CC(CCCO)CC1COC3(CC(C)(C)N(OC(C)c4ccc(OCC5CO5)cc4)C(C)(C)C3)O1)O2)c1ccc(OCC2CO2)cc1. The van der Waals surface area contributed by atoms with Crippen molar-refractivity contribution in [1.29, 1.82) is 0 Å². The topological polar surface area (TPSA) is 126 Å². The first-order valence-corrected chi connectivity index (χ1v) is 23.6. The summed E-state index contributed by atoms with van der Waals surface area (Å²) in [5.74, 6) is 0.530. The van der Waals surface area contributed by atoms with Gasteiger partial charge < -0.3 is 43.0 Å². The Balaban J connectivity index is 0.847. The molecule has 0 aliphatic carbocycles. The Morgan fingerprint density at radius 3 is 1.27 bits per heavy atom. The molecule has 1 N–H and O–H groups in total. The number of hydrogen-bond donors (Lipinski definition) is 1. The Morgan fingerprint density at radius 1 is 0.571 bits per heavy atom. The summed E-state index contributed by atoms with van der Waals surface area (Å²) in [5.41, 5.74) is 0.689. The molecule has 6 aliphatic heterocycles. The highest BCUT2D eigenvalue weighted by molar-refractivity contribution is 5.29. The molecule has 6 unspecified atom stereocenters. The van der Waals surface area contributed by atoms with Crippen LogP contribution in [0.4, 0.5) is 0 Å². The van der Waals surface area contributed by atoms with Gasteiger partial charge in [-0.3, -0.25) is 9.68 Å². The van der Waals surface area contributed by atoms with E-state index in [1.165, 1.54) is 0 Å². The van der Waals surface area contributed by atoms with Crippen molar-refractivity contribution in [2.24, 2.45) is 5.92 Å². The Morgan fingerprint density at radius 2 is 0.937 bits per heavy atom. The van der Waals surface area contributed by atoms with Crippen LogP contribution in [0.3, 0.4) is 0 Å². The van der Waals surface area contributed by atoms with E-state index in [-0.39, 0.29) is 71.3 Å². The predicted molar refractivity (Wildman–Crippen MR) is 237 cm³/mol. The van der Waals surface area contributed by atoms with Gasteiger partial charge in [-0.05, 0) is 136 Å². The van der Waals surface area contributed by atoms with Gasteiger partial charge in [-0.25, -0.2) is 0 Å². The Labute approximate surface area is 376 Å². The molecule has 352 valence electrons. The maximum absolute atomic E-state index is 9.93. The van der Waals surface area contributed by atoms with Crippen molar-refractivity contribution in [2.75, 3.05) is 46.2 Å². The third-order valence-electron chi connectivity index (χ3n) is 13.7. The summed E-state index contributed by atoms with van der Waals surface area (Å²) in [7, 11) is 0. The molecule has 63 heavy (non-hydrogen) atoms. The second-order valence-electron chi connectivity index (χ2n) is 21.8. The number of piperidine rings is 2. The van der Waals surface area contributed by atoms with Gasteiger partial charge in [-0.1, -0.05) is 24.3 Å². The molecule has 6 atom stereocenters. The van der Waals surface area contributed by atoms with Crippen LogP contribution < -0.4 is 9.47 Å². The summed E-state index contributed by atoms with van der Waals surface area (Å²) < 4.78 is 49.7. The van der Waals surface area contributed by atoms with Crippen LogP contribution in [0.2, 0.25) is 0 Å². The van der Waals surface area contributed by atoms with Crippen LogP contribution in [0.1, 0.15) is 144 Å². The van der Waals surface area contributed by atoms with Crippen LogP contribution in [-0.2, 0) is 38.1 Å². The van der Waals surface area contributed by atoms with Crippen molar-refractivity contribution in [3.63, 3.8) is 0 Å². The van der Waals surface area contributed by atoms with Gasteiger partial charge in [-0.15, -0.1) is 0 Å². The van der Waals surface area contributed by atoms with Crippen molar-refractivity contribution in [3.05, 3.63) is 59.7 Å². The third-order valence-corrected chi connectivity index (χ3v) is 13.7. The summed E-state index contributed by atoms with van der Waals surface area (Å²) in [6.07, 6.45) is 5.99. The van der Waals surface area contributed by atoms with Gasteiger partial charge in [0.25, 0.3) is 0 Å². The Kier molecular flexibility index (Phi) is 13.7. The smallest absolute Gasteiger partial charge is 0.172 e. The number of aliphatic hydroxyl groups is 1. The lowest BCUT2D eigenvalue weighted by Gasteiger charge is -2.56. The molecular formula is C50H76N2O11. The molecule has 0 bridgehead atoms. The minimum atomic E-state index is -0.711. The van der Waals surface area contributed by atoms with E-state index >= 15 is 0 Å². The number of nitrogens with zero attached hydrogens (tertiary/aromatic N) is 2. The molecule has 2 aromatic carbocycles. The second kappa shape index (κ2) is 18.4. The predicted octanol–water partition coefficient (Wildman–Crippen LogP) is 8.63. The van der Waals surface area contributed by atoms with Gasteiger partial charge in [0.2, 0.25) is 0 Å². The zero-order valence-electron chi connectivity index (χ0n) is 39.7. The average Bonchev–Trinajstić information content (AvgIpc) is 4.15. The molecule has 0 radical (unpaired) electrons. The maximum Gasteiger partial charge on any atom is 0.172 e. The zero-order valence-corrected chi connectivity index (χ0v) is 39.7. The highest BCUT2D eigenvalue weighted by Crippen LogP contribution is 2.52. The molecule has 13 heteroatoms. The normalized spacial score (nSPS) is 30.3. The number of hydrogen-bond acceptors (Lipinski definition) is 13. The third kappa shape index (κ3) is 11.4. The molecule has 6 heterocycles. The number of ether oxygens (including phenoxy) is 8. The lowest BCUT2D eigenvalue weighted by atomic mass is 9.78.